The topological polar surface area (TPSA) is 49.4 Å². The molecule has 0 fully saturated rings. The molecule has 2 aromatic rings. The van der Waals surface area contributed by atoms with Gasteiger partial charge in [-0.15, -0.1) is 0 Å². The van der Waals surface area contributed by atoms with Gasteiger partial charge in [0.25, 0.3) is 0 Å². The summed E-state index contributed by atoms with van der Waals surface area (Å²) in [7, 11) is 1.68. The molecule has 1 aromatic carbocycles. The van der Waals surface area contributed by atoms with Gasteiger partial charge in [0.05, 0.1) is 19.8 Å². The van der Waals surface area contributed by atoms with Gasteiger partial charge >= 0.3 is 0 Å². The Bertz CT molecular complexity index is 493. The van der Waals surface area contributed by atoms with Crippen molar-refractivity contribution >= 4 is 10.9 Å². The van der Waals surface area contributed by atoms with Gasteiger partial charge in [0.1, 0.15) is 0 Å². The third-order valence-corrected chi connectivity index (χ3v) is 2.98. The third-order valence-electron chi connectivity index (χ3n) is 2.98. The SMILES string of the molecule is COCCOCCn1ccc2ccc(CN)cc21. The van der Waals surface area contributed by atoms with Gasteiger partial charge in [-0.2, -0.15) is 0 Å². The summed E-state index contributed by atoms with van der Waals surface area (Å²) < 4.78 is 12.6. The zero-order valence-corrected chi connectivity index (χ0v) is 10.8. The molecule has 1 heterocycles. The van der Waals surface area contributed by atoms with Crippen LogP contribution in [0.25, 0.3) is 10.9 Å². The van der Waals surface area contributed by atoms with Crippen LogP contribution in [0.3, 0.4) is 0 Å². The first-order valence-electron chi connectivity index (χ1n) is 6.19. The summed E-state index contributed by atoms with van der Waals surface area (Å²) in [6.45, 7) is 3.40. The molecule has 0 unspecified atom stereocenters. The molecule has 0 bridgehead atoms. The molecule has 4 nitrogen and oxygen atoms in total. The van der Waals surface area contributed by atoms with Crippen molar-refractivity contribution in [3.8, 4) is 0 Å². The molecule has 4 heteroatoms. The Hall–Kier alpha value is -1.36. The van der Waals surface area contributed by atoms with E-state index < -0.39 is 0 Å². The number of hydrogen-bond acceptors (Lipinski definition) is 3. The third kappa shape index (κ3) is 3.10. The van der Waals surface area contributed by atoms with Gasteiger partial charge in [0.15, 0.2) is 0 Å². The number of benzene rings is 1. The smallest absolute Gasteiger partial charge is 0.0701 e. The zero-order chi connectivity index (χ0) is 12.8. The van der Waals surface area contributed by atoms with Gasteiger partial charge in [0.2, 0.25) is 0 Å². The van der Waals surface area contributed by atoms with E-state index >= 15 is 0 Å². The van der Waals surface area contributed by atoms with Gasteiger partial charge in [-0.3, -0.25) is 0 Å². The number of aromatic nitrogens is 1. The second kappa shape index (κ2) is 6.54. The molecule has 0 radical (unpaired) electrons. The number of fused-ring (bicyclic) bond motifs is 1. The highest BCUT2D eigenvalue weighted by Gasteiger charge is 2.01. The maximum Gasteiger partial charge on any atom is 0.0701 e. The molecule has 0 aliphatic heterocycles. The van der Waals surface area contributed by atoms with E-state index in [1.54, 1.807) is 7.11 Å². The highest BCUT2D eigenvalue weighted by Crippen LogP contribution is 2.17. The molecule has 98 valence electrons. The fraction of sp³-hybridized carbons (Fsp3) is 0.429. The molecule has 0 saturated heterocycles. The molecule has 0 atom stereocenters. The zero-order valence-electron chi connectivity index (χ0n) is 10.8. The highest BCUT2D eigenvalue weighted by molar-refractivity contribution is 5.80. The van der Waals surface area contributed by atoms with Crippen molar-refractivity contribution in [2.45, 2.75) is 13.1 Å². The Labute approximate surface area is 107 Å². The molecule has 2 N–H and O–H groups in total. The normalized spacial score (nSPS) is 11.2. The standard InChI is InChI=1S/C14H20N2O2/c1-17-8-9-18-7-6-16-5-4-13-3-2-12(11-15)10-14(13)16/h2-5,10H,6-9,11,15H2,1H3. The quantitative estimate of drug-likeness (QED) is 0.760. The van der Waals surface area contributed by atoms with E-state index in [2.05, 4.69) is 35.0 Å². The summed E-state index contributed by atoms with van der Waals surface area (Å²) in [5, 5.41) is 1.24. The summed E-state index contributed by atoms with van der Waals surface area (Å²) >= 11 is 0. The Morgan fingerprint density at radius 1 is 1.17 bits per heavy atom. The van der Waals surface area contributed by atoms with E-state index in [1.165, 1.54) is 10.9 Å². The lowest BCUT2D eigenvalue weighted by molar-refractivity contribution is 0.0670. The van der Waals surface area contributed by atoms with E-state index in [9.17, 15) is 0 Å². The molecule has 18 heavy (non-hydrogen) atoms. The second-order valence-electron chi connectivity index (χ2n) is 4.21. The molecule has 0 aliphatic carbocycles. The summed E-state index contributed by atoms with van der Waals surface area (Å²) in [5.41, 5.74) is 8.04. The van der Waals surface area contributed by atoms with Crippen LogP contribution in [0.15, 0.2) is 30.5 Å². The van der Waals surface area contributed by atoms with E-state index in [1.807, 2.05) is 0 Å². The van der Waals surface area contributed by atoms with Gasteiger partial charge < -0.3 is 19.8 Å². The number of rotatable bonds is 7. The van der Waals surface area contributed by atoms with Crippen molar-refractivity contribution in [1.82, 2.24) is 4.57 Å². The maximum atomic E-state index is 5.67. The fourth-order valence-electron chi connectivity index (χ4n) is 1.96. The largest absolute Gasteiger partial charge is 0.382 e. The Balaban J connectivity index is 1.99. The minimum Gasteiger partial charge on any atom is -0.382 e. The summed E-state index contributed by atoms with van der Waals surface area (Å²) in [5.74, 6) is 0. The first-order valence-corrected chi connectivity index (χ1v) is 6.19. The van der Waals surface area contributed by atoms with Crippen molar-refractivity contribution in [3.63, 3.8) is 0 Å². The lowest BCUT2D eigenvalue weighted by Crippen LogP contribution is -2.08. The first-order chi connectivity index (χ1) is 8.85. The Kier molecular flexibility index (Phi) is 4.75. The van der Waals surface area contributed by atoms with Crippen LogP contribution in [-0.2, 0) is 22.6 Å². The highest BCUT2D eigenvalue weighted by atomic mass is 16.5. The molecule has 0 amide bonds. The van der Waals surface area contributed by atoms with Crippen LogP contribution < -0.4 is 5.73 Å². The van der Waals surface area contributed by atoms with Crippen molar-refractivity contribution in [2.75, 3.05) is 26.9 Å². The number of nitrogens with zero attached hydrogens (tertiary/aromatic N) is 1. The molecule has 1 aromatic heterocycles. The van der Waals surface area contributed by atoms with Crippen LogP contribution in [0.5, 0.6) is 0 Å². The second-order valence-corrected chi connectivity index (χ2v) is 4.21. The van der Waals surface area contributed by atoms with Crippen LogP contribution in [0, 0.1) is 0 Å². The van der Waals surface area contributed by atoms with Crippen LogP contribution >= 0.6 is 0 Å². The van der Waals surface area contributed by atoms with Crippen molar-refractivity contribution in [2.24, 2.45) is 5.73 Å². The predicted molar refractivity (Wildman–Crippen MR) is 72.5 cm³/mol. The molecule has 0 aliphatic rings. The number of methoxy groups -OCH3 is 1. The van der Waals surface area contributed by atoms with Crippen molar-refractivity contribution in [1.29, 1.82) is 0 Å². The number of hydrogen-bond donors (Lipinski definition) is 1. The molecular weight excluding hydrogens is 228 g/mol. The molecule has 0 saturated carbocycles. The Morgan fingerprint density at radius 3 is 2.83 bits per heavy atom. The lowest BCUT2D eigenvalue weighted by Gasteiger charge is -2.07. The summed E-state index contributed by atoms with van der Waals surface area (Å²) in [6, 6.07) is 8.44. The van der Waals surface area contributed by atoms with Gasteiger partial charge in [-0.25, -0.2) is 0 Å². The van der Waals surface area contributed by atoms with Crippen LogP contribution in [0.2, 0.25) is 0 Å². The van der Waals surface area contributed by atoms with Crippen LogP contribution in [-0.4, -0.2) is 31.5 Å². The molecular formula is C14H20N2O2. The van der Waals surface area contributed by atoms with Crippen molar-refractivity contribution in [3.05, 3.63) is 36.0 Å². The lowest BCUT2D eigenvalue weighted by atomic mass is 10.2. The number of ether oxygens (including phenoxy) is 2. The summed E-state index contributed by atoms with van der Waals surface area (Å²) in [4.78, 5) is 0. The minimum absolute atomic E-state index is 0.575. The van der Waals surface area contributed by atoms with Gasteiger partial charge in [0, 0.05) is 31.9 Å². The average molecular weight is 248 g/mol. The van der Waals surface area contributed by atoms with E-state index in [0.717, 1.165) is 12.1 Å². The van der Waals surface area contributed by atoms with Crippen molar-refractivity contribution < 1.29 is 9.47 Å². The predicted octanol–water partition coefficient (Wildman–Crippen LogP) is 1.76. The Morgan fingerprint density at radius 2 is 2.06 bits per heavy atom. The van der Waals surface area contributed by atoms with Crippen LogP contribution in [0.1, 0.15) is 5.56 Å². The van der Waals surface area contributed by atoms with Gasteiger partial charge in [-0.05, 0) is 23.1 Å². The monoisotopic (exact) mass is 248 g/mol. The summed E-state index contributed by atoms with van der Waals surface area (Å²) in [6.07, 6.45) is 2.09. The van der Waals surface area contributed by atoms with E-state index in [0.29, 0.717) is 26.4 Å². The van der Waals surface area contributed by atoms with E-state index in [4.69, 9.17) is 15.2 Å². The molecule has 0 spiro atoms. The average Bonchev–Trinajstić information content (AvgIpc) is 2.81. The minimum atomic E-state index is 0.575. The van der Waals surface area contributed by atoms with Crippen LogP contribution in [0.4, 0.5) is 0 Å². The fourth-order valence-corrected chi connectivity index (χ4v) is 1.96. The molecule has 2 rings (SSSR count). The number of nitrogens with two attached hydrogens (primary N) is 1. The van der Waals surface area contributed by atoms with E-state index in [-0.39, 0.29) is 0 Å². The van der Waals surface area contributed by atoms with Gasteiger partial charge in [-0.1, -0.05) is 12.1 Å². The first kappa shape index (κ1) is 13.1. The maximum absolute atomic E-state index is 5.67.